The number of azo groups is 1. The molecule has 0 amide bonds. The lowest BCUT2D eigenvalue weighted by molar-refractivity contribution is -0.137. The standard InChI is InChI=1S/C16H9ClF6N4S3/c17-11-5-8(15(18,19)20)6-24-13(11)29-7-12-25-26-14(28)27(12)9-1-3-10(4-2-9)30-16(21,22)23/h1-6,12H,7H2. The van der Waals surface area contributed by atoms with Gasteiger partial charge in [0.15, 0.2) is 6.17 Å². The van der Waals surface area contributed by atoms with E-state index in [0.29, 0.717) is 11.9 Å². The van der Waals surface area contributed by atoms with Gasteiger partial charge in [-0.05, 0) is 54.3 Å². The van der Waals surface area contributed by atoms with Crippen LogP contribution in [-0.4, -0.2) is 27.5 Å². The highest BCUT2D eigenvalue weighted by Crippen LogP contribution is 2.38. The number of anilines is 1. The Hall–Kier alpha value is -1.57. The molecule has 4 nitrogen and oxygen atoms in total. The fourth-order valence-electron chi connectivity index (χ4n) is 2.38. The second kappa shape index (κ2) is 8.89. The zero-order chi connectivity index (χ0) is 22.1. The highest BCUT2D eigenvalue weighted by Gasteiger charge is 2.33. The minimum absolute atomic E-state index is 0.0110. The maximum atomic E-state index is 12.7. The summed E-state index contributed by atoms with van der Waals surface area (Å²) in [5.41, 5.74) is -4.88. The molecule has 2 aromatic rings. The van der Waals surface area contributed by atoms with E-state index in [9.17, 15) is 26.3 Å². The summed E-state index contributed by atoms with van der Waals surface area (Å²) in [4.78, 5) is 5.29. The summed E-state index contributed by atoms with van der Waals surface area (Å²) in [5, 5.41) is 7.96. The minimum atomic E-state index is -4.56. The van der Waals surface area contributed by atoms with Crippen LogP contribution in [0.25, 0.3) is 0 Å². The van der Waals surface area contributed by atoms with E-state index < -0.39 is 23.4 Å². The first-order valence-corrected chi connectivity index (χ1v) is 10.5. The van der Waals surface area contributed by atoms with Crippen LogP contribution < -0.4 is 4.90 Å². The molecule has 0 radical (unpaired) electrons. The molecule has 0 bridgehead atoms. The fraction of sp³-hybridized carbons (Fsp3) is 0.250. The van der Waals surface area contributed by atoms with Crippen LogP contribution in [0.3, 0.4) is 0 Å². The van der Waals surface area contributed by atoms with Crippen molar-refractivity contribution >= 4 is 58.1 Å². The van der Waals surface area contributed by atoms with E-state index in [1.165, 1.54) is 29.2 Å². The first kappa shape index (κ1) is 23.1. The van der Waals surface area contributed by atoms with Crippen molar-refractivity contribution < 1.29 is 26.3 Å². The second-order valence-electron chi connectivity index (χ2n) is 5.71. The van der Waals surface area contributed by atoms with E-state index in [0.717, 1.165) is 17.8 Å². The molecule has 0 aliphatic carbocycles. The maximum Gasteiger partial charge on any atom is 0.446 e. The SMILES string of the molecule is FC(F)(F)Sc1ccc(N2C(=S)N=NC2CSc2ncc(C(F)(F)F)cc2Cl)cc1. The van der Waals surface area contributed by atoms with Crippen LogP contribution in [0.15, 0.2) is 56.7 Å². The van der Waals surface area contributed by atoms with Crippen LogP contribution in [0.1, 0.15) is 5.56 Å². The number of aromatic nitrogens is 1. The van der Waals surface area contributed by atoms with E-state index in [1.807, 2.05) is 0 Å². The normalized spacial score (nSPS) is 17.1. The number of benzene rings is 1. The molecule has 1 aliphatic rings. The van der Waals surface area contributed by atoms with Gasteiger partial charge >= 0.3 is 11.7 Å². The molecule has 30 heavy (non-hydrogen) atoms. The van der Waals surface area contributed by atoms with Crippen molar-refractivity contribution in [3.8, 4) is 0 Å². The lowest BCUT2D eigenvalue weighted by Crippen LogP contribution is -2.34. The van der Waals surface area contributed by atoms with Crippen molar-refractivity contribution in [3.63, 3.8) is 0 Å². The van der Waals surface area contributed by atoms with Crippen molar-refractivity contribution in [2.45, 2.75) is 27.8 Å². The van der Waals surface area contributed by atoms with Crippen LogP contribution >= 0.6 is 47.3 Å². The first-order valence-electron chi connectivity index (χ1n) is 7.89. The lowest BCUT2D eigenvalue weighted by Gasteiger charge is -2.23. The molecule has 1 aromatic carbocycles. The van der Waals surface area contributed by atoms with Gasteiger partial charge in [0.05, 0.1) is 10.6 Å². The molecule has 0 saturated heterocycles. The Morgan fingerprint density at radius 3 is 2.33 bits per heavy atom. The third-order valence-corrected chi connectivity index (χ3v) is 6.11. The molecule has 2 heterocycles. The fourth-order valence-corrected chi connectivity index (χ4v) is 4.37. The molecule has 0 N–H and O–H groups in total. The lowest BCUT2D eigenvalue weighted by atomic mass is 10.3. The molecule has 1 aliphatic heterocycles. The smallest absolute Gasteiger partial charge is 0.290 e. The van der Waals surface area contributed by atoms with Gasteiger partial charge in [0, 0.05) is 22.5 Å². The Morgan fingerprint density at radius 1 is 1.10 bits per heavy atom. The molecule has 0 spiro atoms. The number of alkyl halides is 6. The van der Waals surface area contributed by atoms with Crippen molar-refractivity contribution in [2.75, 3.05) is 10.7 Å². The number of thiocarbonyl (C=S) groups is 1. The van der Waals surface area contributed by atoms with Crippen molar-refractivity contribution in [2.24, 2.45) is 10.2 Å². The molecule has 1 unspecified atom stereocenters. The van der Waals surface area contributed by atoms with E-state index in [4.69, 9.17) is 23.8 Å². The van der Waals surface area contributed by atoms with Gasteiger partial charge in [0.25, 0.3) is 0 Å². The Labute approximate surface area is 185 Å². The van der Waals surface area contributed by atoms with Crippen LogP contribution in [0.2, 0.25) is 5.02 Å². The molecular formula is C16H9ClF6N4S3. The van der Waals surface area contributed by atoms with Gasteiger partial charge in [0.1, 0.15) is 5.03 Å². The van der Waals surface area contributed by atoms with Crippen LogP contribution in [0, 0.1) is 0 Å². The Kier molecular flexibility index (Phi) is 6.84. The van der Waals surface area contributed by atoms with Gasteiger partial charge < -0.3 is 0 Å². The van der Waals surface area contributed by atoms with E-state index in [-0.39, 0.29) is 37.6 Å². The largest absolute Gasteiger partial charge is 0.446 e. The molecule has 1 aromatic heterocycles. The van der Waals surface area contributed by atoms with Gasteiger partial charge in [0.2, 0.25) is 5.11 Å². The monoisotopic (exact) mass is 502 g/mol. The Balaban J connectivity index is 1.71. The second-order valence-corrected chi connectivity index (χ2v) is 8.63. The summed E-state index contributed by atoms with van der Waals surface area (Å²) in [7, 11) is 0. The number of thioether (sulfide) groups is 2. The summed E-state index contributed by atoms with van der Waals surface area (Å²) in [6.45, 7) is 0. The average Bonchev–Trinajstić information content (AvgIpc) is 3.00. The Morgan fingerprint density at radius 2 is 1.77 bits per heavy atom. The third kappa shape index (κ3) is 5.77. The number of halogens is 7. The Bertz CT molecular complexity index is 965. The van der Waals surface area contributed by atoms with E-state index in [2.05, 4.69) is 15.2 Å². The average molecular weight is 503 g/mol. The molecule has 0 saturated carbocycles. The summed E-state index contributed by atoms with van der Waals surface area (Å²) in [5.74, 6) is 0.195. The molecular weight excluding hydrogens is 494 g/mol. The van der Waals surface area contributed by atoms with Crippen LogP contribution in [0.5, 0.6) is 0 Å². The van der Waals surface area contributed by atoms with Gasteiger partial charge in [-0.3, -0.25) is 4.90 Å². The van der Waals surface area contributed by atoms with Gasteiger partial charge in [-0.25, -0.2) is 4.98 Å². The van der Waals surface area contributed by atoms with Gasteiger partial charge in [-0.1, -0.05) is 11.6 Å². The zero-order valence-corrected chi connectivity index (χ0v) is 17.6. The zero-order valence-electron chi connectivity index (χ0n) is 14.4. The van der Waals surface area contributed by atoms with Crippen molar-refractivity contribution in [1.82, 2.24) is 4.98 Å². The van der Waals surface area contributed by atoms with Crippen LogP contribution in [-0.2, 0) is 6.18 Å². The van der Waals surface area contributed by atoms with E-state index in [1.54, 1.807) is 0 Å². The molecule has 14 heteroatoms. The highest BCUT2D eigenvalue weighted by atomic mass is 35.5. The van der Waals surface area contributed by atoms with Gasteiger partial charge in [-0.15, -0.1) is 16.9 Å². The van der Waals surface area contributed by atoms with E-state index >= 15 is 0 Å². The van der Waals surface area contributed by atoms with Gasteiger partial charge in [-0.2, -0.15) is 31.5 Å². The minimum Gasteiger partial charge on any atom is -0.290 e. The number of pyridine rings is 1. The molecule has 1 atom stereocenters. The molecule has 0 fully saturated rings. The number of nitrogens with zero attached hydrogens (tertiary/aromatic N) is 4. The van der Waals surface area contributed by atoms with Crippen LogP contribution in [0.4, 0.5) is 32.0 Å². The first-order chi connectivity index (χ1) is 13.9. The number of rotatable bonds is 5. The summed E-state index contributed by atoms with van der Waals surface area (Å²) in [6, 6.07) is 6.29. The van der Waals surface area contributed by atoms with Crippen molar-refractivity contribution in [1.29, 1.82) is 0 Å². The molecule has 3 rings (SSSR count). The number of hydrogen-bond donors (Lipinski definition) is 0. The summed E-state index contributed by atoms with van der Waals surface area (Å²) in [6.07, 6.45) is -4.49. The predicted molar refractivity (Wildman–Crippen MR) is 107 cm³/mol. The van der Waals surface area contributed by atoms with Crippen molar-refractivity contribution in [3.05, 3.63) is 47.1 Å². The highest BCUT2D eigenvalue weighted by molar-refractivity contribution is 8.00. The third-order valence-electron chi connectivity index (χ3n) is 3.63. The number of hydrogen-bond acceptors (Lipinski definition) is 5. The predicted octanol–water partition coefficient (Wildman–Crippen LogP) is 7.04. The maximum absolute atomic E-state index is 12.7. The summed E-state index contributed by atoms with van der Waals surface area (Å²) < 4.78 is 75.6. The summed E-state index contributed by atoms with van der Waals surface area (Å²) >= 11 is 11.9. The molecule has 160 valence electrons. The topological polar surface area (TPSA) is 40.9 Å². The quantitative estimate of drug-likeness (QED) is 0.249.